The van der Waals surface area contributed by atoms with Crippen LogP contribution < -0.4 is 14.9 Å². The second kappa shape index (κ2) is 8.77. The second-order valence-corrected chi connectivity index (χ2v) is 7.34. The minimum Gasteiger partial charge on any atom is -0.504 e. The third kappa shape index (κ3) is 3.90. The van der Waals surface area contributed by atoms with Crippen molar-refractivity contribution in [2.45, 2.75) is 30.7 Å². The van der Waals surface area contributed by atoms with E-state index >= 15 is 0 Å². The Hall–Kier alpha value is -3.15. The van der Waals surface area contributed by atoms with Crippen LogP contribution in [0.15, 0.2) is 51.9 Å². The molecule has 10 nitrogen and oxygen atoms in total. The molecule has 0 aliphatic carbocycles. The van der Waals surface area contributed by atoms with Crippen LogP contribution in [-0.2, 0) is 4.74 Å². The molecule has 1 fully saturated rings. The third-order valence-corrected chi connectivity index (χ3v) is 5.34. The van der Waals surface area contributed by atoms with Crippen molar-refractivity contribution >= 4 is 11.0 Å². The summed E-state index contributed by atoms with van der Waals surface area (Å²) in [6.07, 6.45) is -5.87. The van der Waals surface area contributed by atoms with Crippen molar-refractivity contribution in [3.05, 3.63) is 52.9 Å². The first-order valence-corrected chi connectivity index (χ1v) is 9.74. The van der Waals surface area contributed by atoms with Gasteiger partial charge in [0.1, 0.15) is 42.0 Å². The molecule has 1 aromatic heterocycles. The predicted octanol–water partition coefficient (Wildman–Crippen LogP) is 0.353. The smallest absolute Gasteiger partial charge is 0.229 e. The molecule has 1 aliphatic heterocycles. The van der Waals surface area contributed by atoms with Gasteiger partial charge in [0.05, 0.1) is 24.7 Å². The average molecular weight is 446 g/mol. The summed E-state index contributed by atoms with van der Waals surface area (Å²) in [4.78, 5) is 12.9. The van der Waals surface area contributed by atoms with Crippen molar-refractivity contribution in [2.24, 2.45) is 0 Å². The van der Waals surface area contributed by atoms with Crippen LogP contribution in [0.1, 0.15) is 0 Å². The number of ether oxygens (including phenoxy) is 3. The quantitative estimate of drug-likeness (QED) is 0.370. The first-order chi connectivity index (χ1) is 15.3. The van der Waals surface area contributed by atoms with Crippen LogP contribution in [0.2, 0.25) is 0 Å². The van der Waals surface area contributed by atoms with Gasteiger partial charge in [0.25, 0.3) is 0 Å². The molecule has 4 rings (SSSR count). The molecule has 0 amide bonds. The molecule has 32 heavy (non-hydrogen) atoms. The van der Waals surface area contributed by atoms with Crippen molar-refractivity contribution in [3.63, 3.8) is 0 Å². The summed E-state index contributed by atoms with van der Waals surface area (Å²) >= 11 is 0. The molecule has 2 aromatic carbocycles. The standard InChI is InChI=1S/C22H22O10/c1-29-15-5-2-10(6-14(15)24)13-9-30-16-7-11(3-4-12(16)18(13)25)31-22-21(28)20(27)19(26)17(8-23)32-22/h2-7,9,17,19-24,26-28H,8H2,1H3/t17-,19-,20+,21-,22?/m1/s1. The number of benzene rings is 2. The van der Waals surface area contributed by atoms with Crippen LogP contribution in [0, 0.1) is 0 Å². The molecule has 0 bridgehead atoms. The van der Waals surface area contributed by atoms with Gasteiger partial charge < -0.3 is 44.2 Å². The highest BCUT2D eigenvalue weighted by molar-refractivity contribution is 5.83. The fraction of sp³-hybridized carbons (Fsp3) is 0.318. The minimum atomic E-state index is -1.58. The predicted molar refractivity (Wildman–Crippen MR) is 111 cm³/mol. The van der Waals surface area contributed by atoms with Crippen molar-refractivity contribution in [2.75, 3.05) is 13.7 Å². The van der Waals surface area contributed by atoms with Gasteiger partial charge in [0, 0.05) is 6.07 Å². The fourth-order valence-electron chi connectivity index (χ4n) is 3.54. The number of aliphatic hydroxyl groups is 4. The lowest BCUT2D eigenvalue weighted by molar-refractivity contribution is -0.277. The number of phenols is 1. The van der Waals surface area contributed by atoms with E-state index in [1.54, 1.807) is 6.07 Å². The van der Waals surface area contributed by atoms with E-state index in [-0.39, 0.29) is 39.2 Å². The number of aliphatic hydroxyl groups excluding tert-OH is 4. The average Bonchev–Trinajstić information content (AvgIpc) is 2.79. The molecule has 170 valence electrons. The number of methoxy groups -OCH3 is 1. The maximum absolute atomic E-state index is 12.9. The summed E-state index contributed by atoms with van der Waals surface area (Å²) in [5.74, 6) is 0.321. The molecule has 3 aromatic rings. The van der Waals surface area contributed by atoms with Gasteiger partial charge in [-0.25, -0.2) is 0 Å². The van der Waals surface area contributed by atoms with Crippen LogP contribution in [-0.4, -0.2) is 70.0 Å². The molecule has 10 heteroatoms. The van der Waals surface area contributed by atoms with Crippen LogP contribution in [0.4, 0.5) is 0 Å². The topological polar surface area (TPSA) is 159 Å². The van der Waals surface area contributed by atoms with Crippen LogP contribution in [0.25, 0.3) is 22.1 Å². The van der Waals surface area contributed by atoms with E-state index in [0.717, 1.165) is 0 Å². The van der Waals surface area contributed by atoms with E-state index in [1.807, 2.05) is 0 Å². The number of rotatable bonds is 5. The summed E-state index contributed by atoms with van der Waals surface area (Å²) < 4.78 is 21.5. The molecule has 0 spiro atoms. The highest BCUT2D eigenvalue weighted by Gasteiger charge is 2.44. The summed E-state index contributed by atoms with van der Waals surface area (Å²) in [5.41, 5.74) is 0.535. The number of fused-ring (bicyclic) bond motifs is 1. The zero-order chi connectivity index (χ0) is 23.0. The lowest BCUT2D eigenvalue weighted by Gasteiger charge is -2.39. The van der Waals surface area contributed by atoms with Crippen LogP contribution in [0.5, 0.6) is 17.2 Å². The van der Waals surface area contributed by atoms with Crippen LogP contribution >= 0.6 is 0 Å². The highest BCUT2D eigenvalue weighted by atomic mass is 16.7. The Morgan fingerprint density at radius 1 is 1.03 bits per heavy atom. The van der Waals surface area contributed by atoms with Gasteiger partial charge in [0.15, 0.2) is 16.9 Å². The molecule has 1 saturated heterocycles. The molecule has 1 aliphatic rings. The summed E-state index contributed by atoms with van der Waals surface area (Å²) in [7, 11) is 1.42. The maximum atomic E-state index is 12.9. The first-order valence-electron chi connectivity index (χ1n) is 9.74. The normalized spacial score (nSPS) is 25.6. The molecular weight excluding hydrogens is 424 g/mol. The fourth-order valence-corrected chi connectivity index (χ4v) is 3.54. The molecule has 0 saturated carbocycles. The van der Waals surface area contributed by atoms with Gasteiger partial charge >= 0.3 is 0 Å². The van der Waals surface area contributed by atoms with E-state index in [0.29, 0.717) is 5.56 Å². The SMILES string of the molecule is COc1ccc(-c2coc3cc(OC4O[C@H](CO)[C@@H](O)[C@H](O)[C@H]4O)ccc3c2=O)cc1O. The largest absolute Gasteiger partial charge is 0.504 e. The van der Waals surface area contributed by atoms with Crippen molar-refractivity contribution in [1.82, 2.24) is 0 Å². The Morgan fingerprint density at radius 2 is 1.81 bits per heavy atom. The Bertz CT molecular complexity index is 1170. The number of aromatic hydroxyl groups is 1. The molecular formula is C22H22O10. The van der Waals surface area contributed by atoms with E-state index in [4.69, 9.17) is 18.6 Å². The molecule has 0 radical (unpaired) electrons. The van der Waals surface area contributed by atoms with Crippen LogP contribution in [0.3, 0.4) is 0 Å². The highest BCUT2D eigenvalue weighted by Crippen LogP contribution is 2.32. The van der Waals surface area contributed by atoms with Gasteiger partial charge in [0.2, 0.25) is 6.29 Å². The molecule has 5 N–H and O–H groups in total. The van der Waals surface area contributed by atoms with Gasteiger partial charge in [-0.3, -0.25) is 4.79 Å². The van der Waals surface area contributed by atoms with E-state index < -0.39 is 37.3 Å². The number of phenolic OH excluding ortho intramolecular Hbond substituents is 1. The lowest BCUT2D eigenvalue weighted by Crippen LogP contribution is -2.60. The summed E-state index contributed by atoms with van der Waals surface area (Å²) in [5, 5.41) is 49.4. The Kier molecular flexibility index (Phi) is 6.04. The second-order valence-electron chi connectivity index (χ2n) is 7.34. The number of hydrogen-bond acceptors (Lipinski definition) is 10. The van der Waals surface area contributed by atoms with E-state index in [2.05, 4.69) is 0 Å². The first kappa shape index (κ1) is 22.1. The van der Waals surface area contributed by atoms with Crippen molar-refractivity contribution in [3.8, 4) is 28.4 Å². The van der Waals surface area contributed by atoms with E-state index in [9.17, 15) is 30.3 Å². The zero-order valence-electron chi connectivity index (χ0n) is 16.9. The monoisotopic (exact) mass is 446 g/mol. The van der Waals surface area contributed by atoms with Gasteiger partial charge in [-0.1, -0.05) is 6.07 Å². The van der Waals surface area contributed by atoms with Gasteiger partial charge in [-0.05, 0) is 29.8 Å². The zero-order valence-corrected chi connectivity index (χ0v) is 16.9. The lowest BCUT2D eigenvalue weighted by atomic mass is 9.99. The Balaban J connectivity index is 1.62. The minimum absolute atomic E-state index is 0.118. The Labute approximate surface area is 181 Å². The van der Waals surface area contributed by atoms with Crippen molar-refractivity contribution < 1.29 is 44.2 Å². The third-order valence-electron chi connectivity index (χ3n) is 5.34. The van der Waals surface area contributed by atoms with Gasteiger partial charge in [-0.2, -0.15) is 0 Å². The molecule has 1 unspecified atom stereocenters. The van der Waals surface area contributed by atoms with Crippen molar-refractivity contribution in [1.29, 1.82) is 0 Å². The molecule has 2 heterocycles. The maximum Gasteiger partial charge on any atom is 0.229 e. The number of hydrogen-bond donors (Lipinski definition) is 5. The van der Waals surface area contributed by atoms with Gasteiger partial charge in [-0.15, -0.1) is 0 Å². The Morgan fingerprint density at radius 3 is 2.50 bits per heavy atom. The summed E-state index contributed by atoms with van der Waals surface area (Å²) in [6, 6.07) is 8.88. The molecule has 5 atom stereocenters. The summed E-state index contributed by atoms with van der Waals surface area (Å²) in [6.45, 7) is -0.582. The van der Waals surface area contributed by atoms with E-state index in [1.165, 1.54) is 43.7 Å².